The number of fused-ring (bicyclic) bond motifs is 10. The molecule has 1 aliphatic carbocycles. The van der Waals surface area contributed by atoms with Crippen LogP contribution >= 0.6 is 0 Å². The summed E-state index contributed by atoms with van der Waals surface area (Å²) in [4.78, 5) is 13.1. The molecule has 0 saturated carbocycles. The van der Waals surface area contributed by atoms with Crippen molar-refractivity contribution in [2.24, 2.45) is 9.98 Å². The summed E-state index contributed by atoms with van der Waals surface area (Å²) in [6.07, 6.45) is 0.861. The molecule has 1 spiro atoms. The maximum Gasteiger partial charge on any atom is 0.160 e. The second-order valence-corrected chi connectivity index (χ2v) is 20.1. The molecule has 1 heterocycles. The Balaban J connectivity index is 0.915. The standard InChI is InChI=1S/C73H55N3/c1-4-49(2)71(75-72(52-25-10-6-11-26-52)74-50(3)51-23-8-5-9-24-51)61-34-22-33-57(45-61)55-31-20-29-53(43-55)54-30-21-32-56(44-54)60-41-42-70-68(48-60)73(66-39-18-19-40-69(66)76(70)62-35-12-7-13-36-62)65-38-17-16-37-63(65)64-46-58-27-14-15-28-59(58)47-67(64)73/h5-48H,4H2,1-3H3/b71-49-,74-50+,75-72-. The van der Waals surface area contributed by atoms with Crippen LogP contribution in [0.25, 0.3) is 61.0 Å². The van der Waals surface area contributed by atoms with Crippen LogP contribution in [0, 0.1) is 0 Å². The molecule has 0 N–H and O–H groups in total. The van der Waals surface area contributed by atoms with E-state index in [2.05, 4.69) is 280 Å². The fourth-order valence-electron chi connectivity index (χ4n) is 11.8. The van der Waals surface area contributed by atoms with E-state index in [-0.39, 0.29) is 0 Å². The lowest BCUT2D eigenvalue weighted by Gasteiger charge is -2.45. The molecule has 0 fully saturated rings. The van der Waals surface area contributed by atoms with Crippen molar-refractivity contribution in [3.63, 3.8) is 0 Å². The van der Waals surface area contributed by atoms with Crippen LogP contribution in [0.3, 0.4) is 0 Å². The molecule has 0 radical (unpaired) electrons. The minimum absolute atomic E-state index is 0.572. The highest BCUT2D eigenvalue weighted by Gasteiger charge is 2.52. The van der Waals surface area contributed by atoms with Crippen molar-refractivity contribution in [1.82, 2.24) is 0 Å². The maximum atomic E-state index is 5.41. The van der Waals surface area contributed by atoms with Gasteiger partial charge in [0.2, 0.25) is 0 Å². The maximum absolute atomic E-state index is 5.41. The third-order valence-electron chi connectivity index (χ3n) is 15.6. The second kappa shape index (κ2) is 19.4. The summed E-state index contributed by atoms with van der Waals surface area (Å²) in [6, 6.07) is 97.4. The smallest absolute Gasteiger partial charge is 0.160 e. The number of benzene rings is 11. The quantitative estimate of drug-likeness (QED) is 0.105. The molecule has 13 rings (SSSR count). The first-order valence-corrected chi connectivity index (χ1v) is 26.4. The number of rotatable bonds is 9. The van der Waals surface area contributed by atoms with Crippen LogP contribution in [0.2, 0.25) is 0 Å². The number of hydrogen-bond acceptors (Lipinski definition) is 2. The van der Waals surface area contributed by atoms with E-state index in [4.69, 9.17) is 9.98 Å². The van der Waals surface area contributed by atoms with Crippen molar-refractivity contribution in [2.75, 3.05) is 4.90 Å². The molecular formula is C73H55N3. The number of nitrogens with zero attached hydrogens (tertiary/aromatic N) is 3. The van der Waals surface area contributed by atoms with Gasteiger partial charge in [-0.3, -0.25) is 0 Å². The van der Waals surface area contributed by atoms with E-state index in [1.807, 2.05) is 12.1 Å². The Bertz CT molecular complexity index is 4110. The topological polar surface area (TPSA) is 28.0 Å². The Morgan fingerprint density at radius 2 is 0.882 bits per heavy atom. The number of aliphatic imine (C=N–C) groups is 2. The van der Waals surface area contributed by atoms with E-state index in [9.17, 15) is 0 Å². The molecule has 1 aliphatic heterocycles. The SMILES string of the molecule is CC\C(C)=C(/N=C(\N=C(/C)c1ccccc1)c1ccccc1)c1cccc(-c2cccc(-c3cccc(-c4ccc5c(c4)C4(c6ccccc6-c6cc7ccccc7cc64)c4ccccc4N5c4ccccc4)c3)c2)c1. The van der Waals surface area contributed by atoms with Crippen molar-refractivity contribution in [3.8, 4) is 44.5 Å². The highest BCUT2D eigenvalue weighted by atomic mass is 15.2. The lowest BCUT2D eigenvalue weighted by molar-refractivity contribution is 0.754. The molecule has 0 amide bonds. The van der Waals surface area contributed by atoms with Crippen LogP contribution in [0.15, 0.2) is 282 Å². The Kier molecular flexibility index (Phi) is 11.9. The molecule has 0 bridgehead atoms. The number of anilines is 3. The van der Waals surface area contributed by atoms with Crippen LogP contribution in [-0.4, -0.2) is 11.5 Å². The van der Waals surface area contributed by atoms with E-state index in [0.717, 1.165) is 62.5 Å². The highest BCUT2D eigenvalue weighted by Crippen LogP contribution is 2.64. The molecule has 0 aromatic heterocycles. The zero-order valence-electron chi connectivity index (χ0n) is 43.0. The summed E-state index contributed by atoms with van der Waals surface area (Å²) in [5, 5.41) is 2.50. The third-order valence-corrected chi connectivity index (χ3v) is 15.6. The first-order valence-electron chi connectivity index (χ1n) is 26.4. The monoisotopic (exact) mass is 973 g/mol. The summed E-state index contributed by atoms with van der Waals surface area (Å²) in [7, 11) is 0. The van der Waals surface area contributed by atoms with Gasteiger partial charge < -0.3 is 4.90 Å². The molecule has 3 nitrogen and oxygen atoms in total. The predicted octanol–water partition coefficient (Wildman–Crippen LogP) is 19.1. The Labute approximate surface area is 446 Å². The first-order chi connectivity index (χ1) is 37.5. The molecule has 362 valence electrons. The fraction of sp³-hybridized carbons (Fsp3) is 0.0685. The fourth-order valence-corrected chi connectivity index (χ4v) is 11.8. The average Bonchev–Trinajstić information content (AvgIpc) is 3.99. The summed E-state index contributed by atoms with van der Waals surface area (Å²) < 4.78 is 0. The number of amidine groups is 1. The Morgan fingerprint density at radius 1 is 0.368 bits per heavy atom. The van der Waals surface area contributed by atoms with Gasteiger partial charge in [0.25, 0.3) is 0 Å². The molecule has 11 aromatic rings. The summed E-state index contributed by atoms with van der Waals surface area (Å²) >= 11 is 0. The number of para-hydroxylation sites is 2. The second-order valence-electron chi connectivity index (χ2n) is 20.1. The van der Waals surface area contributed by atoms with Crippen LogP contribution in [-0.2, 0) is 5.41 Å². The minimum atomic E-state index is -0.572. The molecule has 11 aromatic carbocycles. The zero-order chi connectivity index (χ0) is 51.2. The molecule has 2 aliphatic rings. The van der Waals surface area contributed by atoms with Gasteiger partial charge in [-0.05, 0) is 170 Å². The van der Waals surface area contributed by atoms with Crippen LogP contribution in [0.5, 0.6) is 0 Å². The molecule has 76 heavy (non-hydrogen) atoms. The Morgan fingerprint density at radius 3 is 1.55 bits per heavy atom. The third kappa shape index (κ3) is 8.00. The van der Waals surface area contributed by atoms with Gasteiger partial charge in [-0.25, -0.2) is 9.98 Å². The van der Waals surface area contributed by atoms with Crippen molar-refractivity contribution in [3.05, 3.63) is 311 Å². The van der Waals surface area contributed by atoms with Crippen molar-refractivity contribution in [2.45, 2.75) is 32.6 Å². The van der Waals surface area contributed by atoms with Crippen molar-refractivity contribution < 1.29 is 0 Å². The summed E-state index contributed by atoms with van der Waals surface area (Å²) in [6.45, 7) is 6.44. The van der Waals surface area contributed by atoms with Crippen LogP contribution in [0.4, 0.5) is 17.1 Å². The Hall–Kier alpha value is -9.44. The molecule has 1 atom stereocenters. The highest BCUT2D eigenvalue weighted by molar-refractivity contribution is 6.13. The number of allylic oxidation sites excluding steroid dienone is 1. The van der Waals surface area contributed by atoms with Gasteiger partial charge in [-0.15, -0.1) is 0 Å². The molecular weight excluding hydrogens is 919 g/mol. The van der Waals surface area contributed by atoms with Gasteiger partial charge in [-0.1, -0.05) is 213 Å². The van der Waals surface area contributed by atoms with E-state index in [1.54, 1.807) is 0 Å². The molecule has 1 unspecified atom stereocenters. The van der Waals surface area contributed by atoms with E-state index in [1.165, 1.54) is 72.2 Å². The number of hydrogen-bond donors (Lipinski definition) is 0. The first kappa shape index (κ1) is 46.4. The predicted molar refractivity (Wildman–Crippen MR) is 320 cm³/mol. The lowest BCUT2D eigenvalue weighted by atomic mass is 9.64. The van der Waals surface area contributed by atoms with E-state index in [0.29, 0.717) is 5.84 Å². The van der Waals surface area contributed by atoms with Gasteiger partial charge in [0, 0.05) is 22.5 Å². The van der Waals surface area contributed by atoms with Gasteiger partial charge >= 0.3 is 0 Å². The molecule has 0 saturated heterocycles. The van der Waals surface area contributed by atoms with E-state index >= 15 is 0 Å². The van der Waals surface area contributed by atoms with Gasteiger partial charge in [0.15, 0.2) is 5.84 Å². The van der Waals surface area contributed by atoms with Gasteiger partial charge in [0.1, 0.15) is 0 Å². The lowest BCUT2D eigenvalue weighted by Crippen LogP contribution is -2.36. The summed E-state index contributed by atoms with van der Waals surface area (Å²) in [5.41, 5.74) is 23.8. The largest absolute Gasteiger partial charge is 0.310 e. The normalized spacial score (nSPS) is 15.0. The van der Waals surface area contributed by atoms with Crippen LogP contribution in [0.1, 0.15) is 66.1 Å². The summed E-state index contributed by atoms with van der Waals surface area (Å²) in [5.74, 6) is 0.691. The minimum Gasteiger partial charge on any atom is -0.310 e. The van der Waals surface area contributed by atoms with Crippen molar-refractivity contribution >= 4 is 45.1 Å². The van der Waals surface area contributed by atoms with Gasteiger partial charge in [-0.2, -0.15) is 0 Å². The van der Waals surface area contributed by atoms with Crippen molar-refractivity contribution in [1.29, 1.82) is 0 Å². The zero-order valence-corrected chi connectivity index (χ0v) is 43.0. The molecule has 3 heteroatoms. The van der Waals surface area contributed by atoms with E-state index < -0.39 is 5.41 Å². The average molecular weight is 974 g/mol. The van der Waals surface area contributed by atoms with Gasteiger partial charge in [0.05, 0.1) is 22.5 Å². The van der Waals surface area contributed by atoms with Crippen LogP contribution < -0.4 is 4.90 Å².